The quantitative estimate of drug-likeness (QED) is 0.576. The maximum atomic E-state index is 8.98. The monoisotopic (exact) mass is 393 g/mol. The standard InChI is InChI=1S/C15H9ClIN3/c1-20-14-6-9(8-18)2-5-13(14)19-15(20)10-3-4-12(17)11(16)7-10/h2-7H,1H3. The topological polar surface area (TPSA) is 41.6 Å². The zero-order chi connectivity index (χ0) is 14.3. The highest BCUT2D eigenvalue weighted by atomic mass is 127. The Labute approximate surface area is 134 Å². The van der Waals surface area contributed by atoms with Gasteiger partial charge in [-0.15, -0.1) is 0 Å². The number of hydrogen-bond acceptors (Lipinski definition) is 2. The minimum Gasteiger partial charge on any atom is -0.327 e. The van der Waals surface area contributed by atoms with Crippen LogP contribution < -0.4 is 0 Å². The molecule has 0 aliphatic rings. The molecule has 0 aliphatic heterocycles. The van der Waals surface area contributed by atoms with Crippen LogP contribution in [0.3, 0.4) is 0 Å². The first-order valence-electron chi connectivity index (χ1n) is 5.92. The molecular formula is C15H9ClIN3. The Kier molecular flexibility index (Phi) is 3.40. The van der Waals surface area contributed by atoms with E-state index in [2.05, 4.69) is 33.6 Å². The van der Waals surface area contributed by atoms with Crippen molar-refractivity contribution in [3.8, 4) is 17.5 Å². The minimum atomic E-state index is 0.632. The number of nitriles is 1. The van der Waals surface area contributed by atoms with Crippen molar-refractivity contribution in [3.05, 3.63) is 50.6 Å². The zero-order valence-corrected chi connectivity index (χ0v) is 13.5. The van der Waals surface area contributed by atoms with Gasteiger partial charge in [0.2, 0.25) is 0 Å². The maximum absolute atomic E-state index is 8.98. The number of imidazole rings is 1. The molecule has 0 radical (unpaired) electrons. The van der Waals surface area contributed by atoms with Crippen LogP contribution in [0.15, 0.2) is 36.4 Å². The Balaban J connectivity index is 2.24. The van der Waals surface area contributed by atoms with Crippen LogP contribution in [0.1, 0.15) is 5.56 Å². The summed E-state index contributed by atoms with van der Waals surface area (Å²) in [5.74, 6) is 0.841. The number of benzene rings is 2. The molecule has 20 heavy (non-hydrogen) atoms. The second-order valence-electron chi connectivity index (χ2n) is 4.44. The number of rotatable bonds is 1. The summed E-state index contributed by atoms with van der Waals surface area (Å²) in [6.45, 7) is 0. The molecule has 3 nitrogen and oxygen atoms in total. The highest BCUT2D eigenvalue weighted by Crippen LogP contribution is 2.28. The first kappa shape index (κ1) is 13.4. The number of fused-ring (bicyclic) bond motifs is 1. The van der Waals surface area contributed by atoms with Gasteiger partial charge in [0.1, 0.15) is 5.82 Å². The van der Waals surface area contributed by atoms with Crippen LogP contribution in [0.5, 0.6) is 0 Å². The highest BCUT2D eigenvalue weighted by Gasteiger charge is 2.11. The van der Waals surface area contributed by atoms with E-state index in [1.54, 1.807) is 6.07 Å². The van der Waals surface area contributed by atoms with E-state index in [1.165, 1.54) is 0 Å². The molecule has 0 atom stereocenters. The van der Waals surface area contributed by atoms with E-state index < -0.39 is 0 Å². The van der Waals surface area contributed by atoms with Gasteiger partial charge in [0.05, 0.1) is 27.7 Å². The van der Waals surface area contributed by atoms with Crippen molar-refractivity contribution in [2.24, 2.45) is 7.05 Å². The molecule has 0 saturated heterocycles. The molecule has 0 saturated carbocycles. The summed E-state index contributed by atoms with van der Waals surface area (Å²) in [6, 6.07) is 13.5. The van der Waals surface area contributed by atoms with E-state index in [-0.39, 0.29) is 0 Å². The van der Waals surface area contributed by atoms with Crippen LogP contribution in [-0.2, 0) is 7.05 Å². The SMILES string of the molecule is Cn1c(-c2ccc(I)c(Cl)c2)nc2ccc(C#N)cc21. The van der Waals surface area contributed by atoms with E-state index in [4.69, 9.17) is 16.9 Å². The van der Waals surface area contributed by atoms with Crippen molar-refractivity contribution >= 4 is 45.2 Å². The van der Waals surface area contributed by atoms with E-state index in [1.807, 2.05) is 41.9 Å². The molecule has 2 aromatic carbocycles. The molecule has 5 heteroatoms. The van der Waals surface area contributed by atoms with Crippen molar-refractivity contribution in [1.29, 1.82) is 5.26 Å². The second kappa shape index (κ2) is 5.08. The van der Waals surface area contributed by atoms with Gasteiger partial charge in [0, 0.05) is 16.2 Å². The highest BCUT2D eigenvalue weighted by molar-refractivity contribution is 14.1. The Morgan fingerprint density at radius 2 is 2.05 bits per heavy atom. The molecule has 0 bridgehead atoms. The Bertz CT molecular complexity index is 861. The average Bonchev–Trinajstić information content (AvgIpc) is 2.79. The van der Waals surface area contributed by atoms with Gasteiger partial charge < -0.3 is 4.57 Å². The number of nitrogens with zero attached hydrogens (tertiary/aromatic N) is 3. The molecule has 0 spiro atoms. The van der Waals surface area contributed by atoms with Crippen molar-refractivity contribution < 1.29 is 0 Å². The lowest BCUT2D eigenvalue weighted by atomic mass is 10.2. The van der Waals surface area contributed by atoms with Gasteiger partial charge in [-0.2, -0.15) is 5.26 Å². The first-order chi connectivity index (χ1) is 9.60. The van der Waals surface area contributed by atoms with Gasteiger partial charge in [0.15, 0.2) is 0 Å². The summed E-state index contributed by atoms with van der Waals surface area (Å²) in [5.41, 5.74) is 3.41. The van der Waals surface area contributed by atoms with Crippen LogP contribution in [0.25, 0.3) is 22.4 Å². The molecule has 3 rings (SSSR count). The third kappa shape index (κ3) is 2.17. The lowest BCUT2D eigenvalue weighted by Crippen LogP contribution is -1.93. The van der Waals surface area contributed by atoms with Crippen LogP contribution in [0, 0.1) is 14.9 Å². The van der Waals surface area contributed by atoms with Crippen LogP contribution >= 0.6 is 34.2 Å². The van der Waals surface area contributed by atoms with E-state index >= 15 is 0 Å². The van der Waals surface area contributed by atoms with Crippen LogP contribution in [0.4, 0.5) is 0 Å². The summed E-state index contributed by atoms with van der Waals surface area (Å²) in [4.78, 5) is 4.62. The Morgan fingerprint density at radius 1 is 1.25 bits per heavy atom. The number of hydrogen-bond donors (Lipinski definition) is 0. The normalized spacial score (nSPS) is 10.7. The summed E-state index contributed by atoms with van der Waals surface area (Å²) in [6.07, 6.45) is 0. The molecule has 0 amide bonds. The van der Waals surface area contributed by atoms with E-state index in [9.17, 15) is 0 Å². The van der Waals surface area contributed by atoms with Gasteiger partial charge in [0.25, 0.3) is 0 Å². The molecule has 0 N–H and O–H groups in total. The van der Waals surface area contributed by atoms with Gasteiger partial charge >= 0.3 is 0 Å². The lowest BCUT2D eigenvalue weighted by molar-refractivity contribution is 0.959. The van der Waals surface area contributed by atoms with Crippen LogP contribution in [0.2, 0.25) is 5.02 Å². The van der Waals surface area contributed by atoms with E-state index in [0.717, 1.165) is 26.0 Å². The summed E-state index contributed by atoms with van der Waals surface area (Å²) in [7, 11) is 1.94. The predicted octanol–water partition coefficient (Wildman–Crippen LogP) is 4.37. The molecule has 3 aromatic rings. The molecule has 1 aromatic heterocycles. The van der Waals surface area contributed by atoms with Crippen molar-refractivity contribution in [1.82, 2.24) is 9.55 Å². The van der Waals surface area contributed by atoms with Crippen LogP contribution in [-0.4, -0.2) is 9.55 Å². The summed E-state index contributed by atoms with van der Waals surface area (Å²) in [5, 5.41) is 9.70. The molecule has 1 heterocycles. The molecule has 0 aliphatic carbocycles. The van der Waals surface area contributed by atoms with Gasteiger partial charge in [-0.05, 0) is 52.9 Å². The zero-order valence-electron chi connectivity index (χ0n) is 10.6. The fraction of sp³-hybridized carbons (Fsp3) is 0.0667. The summed E-state index contributed by atoms with van der Waals surface area (Å²) >= 11 is 8.37. The molecule has 0 unspecified atom stereocenters. The minimum absolute atomic E-state index is 0.632. The van der Waals surface area contributed by atoms with E-state index in [0.29, 0.717) is 10.6 Å². The largest absolute Gasteiger partial charge is 0.327 e. The molecule has 0 fully saturated rings. The molecule has 98 valence electrons. The molecular weight excluding hydrogens is 385 g/mol. The maximum Gasteiger partial charge on any atom is 0.140 e. The fourth-order valence-corrected chi connectivity index (χ4v) is 2.67. The van der Waals surface area contributed by atoms with Gasteiger partial charge in [-0.25, -0.2) is 4.98 Å². The number of aromatic nitrogens is 2. The Morgan fingerprint density at radius 3 is 2.75 bits per heavy atom. The lowest BCUT2D eigenvalue weighted by Gasteiger charge is -2.04. The van der Waals surface area contributed by atoms with Crippen molar-refractivity contribution in [2.45, 2.75) is 0 Å². The number of halogens is 2. The first-order valence-corrected chi connectivity index (χ1v) is 7.38. The van der Waals surface area contributed by atoms with Crippen molar-refractivity contribution in [2.75, 3.05) is 0 Å². The van der Waals surface area contributed by atoms with Crippen molar-refractivity contribution in [3.63, 3.8) is 0 Å². The van der Waals surface area contributed by atoms with Gasteiger partial charge in [-0.3, -0.25) is 0 Å². The summed E-state index contributed by atoms with van der Waals surface area (Å²) < 4.78 is 2.99. The van der Waals surface area contributed by atoms with Gasteiger partial charge in [-0.1, -0.05) is 17.7 Å². The fourth-order valence-electron chi connectivity index (χ4n) is 2.15. The Hall–Kier alpha value is -1.58. The second-order valence-corrected chi connectivity index (χ2v) is 6.01. The predicted molar refractivity (Wildman–Crippen MR) is 88.6 cm³/mol. The average molecular weight is 394 g/mol. The third-order valence-electron chi connectivity index (χ3n) is 3.19. The third-order valence-corrected chi connectivity index (χ3v) is 4.76. The number of aryl methyl sites for hydroxylation is 1. The smallest absolute Gasteiger partial charge is 0.140 e.